The molecule has 0 heterocycles. The smallest absolute Gasteiger partial charge is 0.0414 e. The van der Waals surface area contributed by atoms with Crippen LogP contribution in [0.5, 0.6) is 0 Å². The highest BCUT2D eigenvalue weighted by Gasteiger charge is 1.81. The third-order valence-electron chi connectivity index (χ3n) is 0.490. The number of hydrogen-bond acceptors (Lipinski definition) is 0. The van der Waals surface area contributed by atoms with Crippen molar-refractivity contribution in [1.82, 2.24) is 0 Å². The van der Waals surface area contributed by atoms with E-state index in [9.17, 15) is 0 Å². The molecule has 0 rings (SSSR count). The number of hydrogen-bond donors (Lipinski definition) is 0. The van der Waals surface area contributed by atoms with E-state index in [0.29, 0.717) is 10.1 Å². The minimum atomic E-state index is 0.412. The Hall–Kier alpha value is -0.200. The molecule has 0 N–H and O–H groups in total. The molecule has 0 atom stereocenters. The lowest BCUT2D eigenvalue weighted by atomic mass is 10.5. The molecule has 0 spiro atoms. The zero-order valence-electron chi connectivity index (χ0n) is 4.32. The van der Waals surface area contributed by atoms with Crippen molar-refractivity contribution < 1.29 is 0 Å². The van der Waals surface area contributed by atoms with Gasteiger partial charge in [0.2, 0.25) is 0 Å². The van der Waals surface area contributed by atoms with Crippen molar-refractivity contribution in [1.29, 1.82) is 0 Å². The molecule has 0 aliphatic rings. The van der Waals surface area contributed by atoms with Gasteiger partial charge in [-0.1, -0.05) is 42.4 Å². The molecule has 0 fully saturated rings. The zero-order valence-corrected chi connectivity index (χ0v) is 5.84. The molecule has 44 valence electrons. The maximum absolute atomic E-state index is 5.46. The average molecular weight is 149 g/mol. The highest BCUT2D eigenvalue weighted by Crippen LogP contribution is 2.08. The monoisotopic (exact) mass is 148 g/mol. The molecule has 0 saturated heterocycles. The Bertz CT molecular complexity index is 133. The van der Waals surface area contributed by atoms with E-state index in [1.54, 1.807) is 0 Å². The van der Waals surface area contributed by atoms with Gasteiger partial charge in [0.25, 0.3) is 0 Å². The van der Waals surface area contributed by atoms with E-state index in [4.69, 9.17) is 23.2 Å². The molecular formula is C6H6Cl2. The minimum Gasteiger partial charge on any atom is -0.0976 e. The van der Waals surface area contributed by atoms with Gasteiger partial charge in [-0.2, -0.15) is 0 Å². The van der Waals surface area contributed by atoms with Crippen LogP contribution in [0.15, 0.2) is 35.4 Å². The van der Waals surface area contributed by atoms with Gasteiger partial charge in [0.1, 0.15) is 0 Å². The molecule has 0 aromatic carbocycles. The summed E-state index contributed by atoms with van der Waals surface area (Å²) in [5, 5.41) is 0.917. The van der Waals surface area contributed by atoms with Crippen LogP contribution < -0.4 is 0 Å². The van der Waals surface area contributed by atoms with E-state index in [1.807, 2.05) is 0 Å². The maximum atomic E-state index is 5.46. The lowest BCUT2D eigenvalue weighted by molar-refractivity contribution is 1.86. The second-order valence-electron chi connectivity index (χ2n) is 1.18. The van der Waals surface area contributed by atoms with Crippen molar-refractivity contribution in [3.05, 3.63) is 35.4 Å². The topological polar surface area (TPSA) is 0 Å². The van der Waals surface area contributed by atoms with Gasteiger partial charge in [0, 0.05) is 10.1 Å². The molecule has 0 amide bonds. The fraction of sp³-hybridized carbons (Fsp3) is 0. The SMILES string of the molecule is C=CC(Cl)=CC(=C)Cl. The fourth-order valence-electron chi connectivity index (χ4n) is 0.209. The largest absolute Gasteiger partial charge is 0.0976 e. The Kier molecular flexibility index (Phi) is 3.67. The summed E-state index contributed by atoms with van der Waals surface area (Å²) in [5.41, 5.74) is 0. The van der Waals surface area contributed by atoms with E-state index in [0.717, 1.165) is 0 Å². The van der Waals surface area contributed by atoms with Crippen LogP contribution in [-0.2, 0) is 0 Å². The Morgan fingerprint density at radius 2 is 1.88 bits per heavy atom. The summed E-state index contributed by atoms with van der Waals surface area (Å²) in [6, 6.07) is 0. The average Bonchev–Trinajstić information content (AvgIpc) is 1.65. The van der Waals surface area contributed by atoms with Crippen LogP contribution in [0.3, 0.4) is 0 Å². The van der Waals surface area contributed by atoms with Gasteiger partial charge in [-0.25, -0.2) is 0 Å². The van der Waals surface area contributed by atoms with Crippen molar-refractivity contribution in [2.24, 2.45) is 0 Å². The maximum Gasteiger partial charge on any atom is 0.0414 e. The molecule has 0 aromatic rings. The molecule has 0 bridgehead atoms. The van der Waals surface area contributed by atoms with Gasteiger partial charge in [0.05, 0.1) is 0 Å². The molecule has 0 aromatic heterocycles. The molecule has 8 heavy (non-hydrogen) atoms. The van der Waals surface area contributed by atoms with Crippen molar-refractivity contribution in [3.8, 4) is 0 Å². The van der Waals surface area contributed by atoms with Crippen LogP contribution >= 0.6 is 23.2 Å². The van der Waals surface area contributed by atoms with Crippen molar-refractivity contribution in [2.75, 3.05) is 0 Å². The summed E-state index contributed by atoms with van der Waals surface area (Å²) < 4.78 is 0. The first-order valence-corrected chi connectivity index (χ1v) is 2.76. The Labute approximate surface area is 59.1 Å². The zero-order chi connectivity index (χ0) is 6.57. The highest BCUT2D eigenvalue weighted by atomic mass is 35.5. The summed E-state index contributed by atoms with van der Waals surface area (Å²) in [6.45, 7) is 6.81. The first-order valence-electron chi connectivity index (χ1n) is 2.01. The molecule has 2 heteroatoms. The van der Waals surface area contributed by atoms with Crippen LogP contribution in [0.2, 0.25) is 0 Å². The molecule has 0 saturated carbocycles. The summed E-state index contributed by atoms with van der Waals surface area (Å²) in [4.78, 5) is 0. The van der Waals surface area contributed by atoms with E-state index >= 15 is 0 Å². The fourth-order valence-corrected chi connectivity index (χ4v) is 0.514. The van der Waals surface area contributed by atoms with Crippen molar-refractivity contribution >= 4 is 23.2 Å². The molecule has 0 radical (unpaired) electrons. The van der Waals surface area contributed by atoms with Crippen molar-refractivity contribution in [2.45, 2.75) is 0 Å². The highest BCUT2D eigenvalue weighted by molar-refractivity contribution is 6.35. The first kappa shape index (κ1) is 7.80. The molecule has 0 unspecified atom stereocenters. The van der Waals surface area contributed by atoms with Gasteiger partial charge in [0.15, 0.2) is 0 Å². The van der Waals surface area contributed by atoms with E-state index in [-0.39, 0.29) is 0 Å². The third kappa shape index (κ3) is 3.97. The van der Waals surface area contributed by atoms with Gasteiger partial charge >= 0.3 is 0 Å². The van der Waals surface area contributed by atoms with E-state index < -0.39 is 0 Å². The Morgan fingerprint density at radius 1 is 1.38 bits per heavy atom. The number of allylic oxidation sites excluding steroid dienone is 4. The van der Waals surface area contributed by atoms with Crippen molar-refractivity contribution in [3.63, 3.8) is 0 Å². The second-order valence-corrected chi connectivity index (χ2v) is 2.10. The van der Waals surface area contributed by atoms with Crippen LogP contribution in [-0.4, -0.2) is 0 Å². The second kappa shape index (κ2) is 3.76. The van der Waals surface area contributed by atoms with Gasteiger partial charge < -0.3 is 0 Å². The lowest BCUT2D eigenvalue weighted by Crippen LogP contribution is -1.60. The predicted molar refractivity (Wildman–Crippen MR) is 39.1 cm³/mol. The molecule has 0 nitrogen and oxygen atoms in total. The molecule has 0 aliphatic heterocycles. The summed E-state index contributed by atoms with van der Waals surface area (Å²) in [7, 11) is 0. The number of rotatable bonds is 2. The van der Waals surface area contributed by atoms with Crippen LogP contribution in [0.1, 0.15) is 0 Å². The minimum absolute atomic E-state index is 0.412. The van der Waals surface area contributed by atoms with Crippen LogP contribution in [0.4, 0.5) is 0 Å². The first-order chi connectivity index (χ1) is 3.66. The predicted octanol–water partition coefficient (Wildman–Crippen LogP) is 3.05. The number of halogens is 2. The standard InChI is InChI=1S/C6H6Cl2/c1-3-6(8)4-5(2)7/h3-4H,1-2H2. The van der Waals surface area contributed by atoms with E-state index in [1.165, 1.54) is 12.2 Å². The summed E-state index contributed by atoms with van der Waals surface area (Å²) in [6.07, 6.45) is 3.02. The Morgan fingerprint density at radius 3 is 2.00 bits per heavy atom. The molecular weight excluding hydrogens is 143 g/mol. The summed E-state index contributed by atoms with van der Waals surface area (Å²) >= 11 is 10.8. The summed E-state index contributed by atoms with van der Waals surface area (Å²) in [5.74, 6) is 0. The van der Waals surface area contributed by atoms with Gasteiger partial charge in [-0.15, -0.1) is 0 Å². The lowest BCUT2D eigenvalue weighted by Gasteiger charge is -1.83. The van der Waals surface area contributed by atoms with E-state index in [2.05, 4.69) is 13.2 Å². The van der Waals surface area contributed by atoms with Gasteiger partial charge in [-0.3, -0.25) is 0 Å². The molecule has 0 aliphatic carbocycles. The third-order valence-corrected chi connectivity index (χ3v) is 0.862. The van der Waals surface area contributed by atoms with Crippen LogP contribution in [0.25, 0.3) is 0 Å². The Balaban J connectivity index is 3.94. The van der Waals surface area contributed by atoms with Gasteiger partial charge in [-0.05, 0) is 6.08 Å². The van der Waals surface area contributed by atoms with Crippen LogP contribution in [0, 0.1) is 0 Å². The quantitative estimate of drug-likeness (QED) is 0.529. The normalized spacial score (nSPS) is 11.0.